The van der Waals surface area contributed by atoms with Crippen molar-refractivity contribution in [1.29, 1.82) is 0 Å². The van der Waals surface area contributed by atoms with Gasteiger partial charge in [-0.1, -0.05) is 28.1 Å². The van der Waals surface area contributed by atoms with E-state index < -0.39 is 5.97 Å². The third-order valence-electron chi connectivity index (χ3n) is 2.20. The Bertz CT molecular complexity index is 570. The summed E-state index contributed by atoms with van der Waals surface area (Å²) < 4.78 is 11.2. The highest BCUT2D eigenvalue weighted by atomic mass is 79.9. The fraction of sp³-hybridized carbons (Fsp3) is 0.250. The molecule has 0 aliphatic rings. The van der Waals surface area contributed by atoms with Crippen LogP contribution in [0, 0.1) is 0 Å². The second-order valence-corrected chi connectivity index (χ2v) is 4.70. The highest BCUT2D eigenvalue weighted by Gasteiger charge is 2.08. The lowest BCUT2D eigenvalue weighted by molar-refractivity contribution is -0.142. The molecular weight excluding hydrogens is 316 g/mol. The molecule has 19 heavy (non-hydrogen) atoms. The number of rotatable bonds is 6. The molecule has 0 spiro atoms. The van der Waals surface area contributed by atoms with Crippen LogP contribution < -0.4 is 0 Å². The van der Waals surface area contributed by atoms with E-state index in [4.69, 9.17) is 14.3 Å². The van der Waals surface area contributed by atoms with Gasteiger partial charge in [-0.15, -0.1) is 10.2 Å². The van der Waals surface area contributed by atoms with Crippen molar-refractivity contribution < 1.29 is 19.1 Å². The van der Waals surface area contributed by atoms with Crippen LogP contribution in [0.2, 0.25) is 0 Å². The number of carbonyl (C=O) groups is 1. The maximum atomic E-state index is 10.3. The Balaban J connectivity index is 1.92. The number of aromatic nitrogens is 2. The molecule has 0 aliphatic carbocycles. The van der Waals surface area contributed by atoms with Gasteiger partial charge in [-0.3, -0.25) is 0 Å². The first-order valence-corrected chi connectivity index (χ1v) is 6.28. The molecule has 1 N–H and O–H groups in total. The smallest absolute Gasteiger partial charge is 0.329 e. The predicted molar refractivity (Wildman–Crippen MR) is 68.5 cm³/mol. The average molecular weight is 327 g/mol. The van der Waals surface area contributed by atoms with Crippen LogP contribution in [0.3, 0.4) is 0 Å². The predicted octanol–water partition coefficient (Wildman–Crippen LogP) is 2.02. The number of aliphatic carboxylic acids is 1. The Morgan fingerprint density at radius 2 is 2.16 bits per heavy atom. The van der Waals surface area contributed by atoms with Crippen LogP contribution in [-0.2, 0) is 22.6 Å². The van der Waals surface area contributed by atoms with E-state index in [0.29, 0.717) is 12.3 Å². The van der Waals surface area contributed by atoms with Crippen molar-refractivity contribution >= 4 is 21.9 Å². The maximum Gasteiger partial charge on any atom is 0.329 e. The number of halogens is 1. The van der Waals surface area contributed by atoms with Gasteiger partial charge in [0.15, 0.2) is 0 Å². The molecule has 0 saturated heterocycles. The third-order valence-corrected chi connectivity index (χ3v) is 2.70. The molecule has 0 saturated carbocycles. The van der Waals surface area contributed by atoms with Crippen molar-refractivity contribution in [3.8, 4) is 0 Å². The number of hydrogen-bond donors (Lipinski definition) is 1. The molecule has 2 rings (SSSR count). The summed E-state index contributed by atoms with van der Waals surface area (Å²) in [6.45, 7) is -0.388. The van der Waals surface area contributed by atoms with Gasteiger partial charge in [0.25, 0.3) is 0 Å². The van der Waals surface area contributed by atoms with E-state index in [0.717, 1.165) is 10.0 Å². The average Bonchev–Trinajstić information content (AvgIpc) is 2.76. The normalized spacial score (nSPS) is 10.6. The van der Waals surface area contributed by atoms with Gasteiger partial charge in [0, 0.05) is 4.47 Å². The minimum absolute atomic E-state index is 0.00220. The number of ether oxygens (including phenoxy) is 1. The summed E-state index contributed by atoms with van der Waals surface area (Å²) in [6.07, 6.45) is 0.519. The number of nitrogens with zero attached hydrogens (tertiary/aromatic N) is 2. The zero-order chi connectivity index (χ0) is 13.7. The summed E-state index contributed by atoms with van der Waals surface area (Å²) >= 11 is 3.39. The second kappa shape index (κ2) is 6.44. The van der Waals surface area contributed by atoms with Crippen LogP contribution in [0.25, 0.3) is 0 Å². The van der Waals surface area contributed by atoms with Gasteiger partial charge in [-0.2, -0.15) is 0 Å². The van der Waals surface area contributed by atoms with E-state index in [9.17, 15) is 4.79 Å². The summed E-state index contributed by atoms with van der Waals surface area (Å²) in [4.78, 5) is 10.3. The summed E-state index contributed by atoms with van der Waals surface area (Å²) in [5, 5.41) is 16.1. The van der Waals surface area contributed by atoms with E-state index in [1.807, 2.05) is 24.3 Å². The van der Waals surface area contributed by atoms with E-state index in [2.05, 4.69) is 26.1 Å². The molecule has 0 fully saturated rings. The zero-order valence-electron chi connectivity index (χ0n) is 9.88. The number of hydrogen-bond acceptors (Lipinski definition) is 5. The largest absolute Gasteiger partial charge is 0.480 e. The zero-order valence-corrected chi connectivity index (χ0v) is 11.5. The van der Waals surface area contributed by atoms with Crippen molar-refractivity contribution in [2.45, 2.75) is 13.0 Å². The molecule has 1 heterocycles. The molecular formula is C12H11BrN2O4. The molecule has 1 aromatic carbocycles. The van der Waals surface area contributed by atoms with Crippen LogP contribution >= 0.6 is 15.9 Å². The molecule has 1 aromatic heterocycles. The Labute approximate surface area is 117 Å². The highest BCUT2D eigenvalue weighted by molar-refractivity contribution is 9.10. The Morgan fingerprint density at radius 3 is 2.89 bits per heavy atom. The summed E-state index contributed by atoms with van der Waals surface area (Å²) in [6, 6.07) is 7.77. The first kappa shape index (κ1) is 13.7. The standard InChI is InChI=1S/C12H11BrN2O4/c13-9-3-1-2-8(4-9)5-10-14-15-11(19-10)6-18-7-12(16)17/h1-4H,5-7H2,(H,16,17). The molecule has 0 radical (unpaired) electrons. The van der Waals surface area contributed by atoms with Crippen molar-refractivity contribution in [2.24, 2.45) is 0 Å². The quantitative estimate of drug-likeness (QED) is 0.874. The lowest BCUT2D eigenvalue weighted by Gasteiger charge is -1.97. The van der Waals surface area contributed by atoms with Gasteiger partial charge in [-0.05, 0) is 17.7 Å². The Morgan fingerprint density at radius 1 is 1.37 bits per heavy atom. The monoisotopic (exact) mass is 326 g/mol. The Kier molecular flexibility index (Phi) is 4.64. The van der Waals surface area contributed by atoms with Crippen molar-refractivity contribution in [3.05, 3.63) is 46.1 Å². The van der Waals surface area contributed by atoms with Crippen molar-refractivity contribution in [2.75, 3.05) is 6.61 Å². The summed E-state index contributed by atoms with van der Waals surface area (Å²) in [5.41, 5.74) is 1.04. The molecule has 0 bridgehead atoms. The number of carboxylic acids is 1. The van der Waals surface area contributed by atoms with Gasteiger partial charge >= 0.3 is 5.97 Å². The first-order chi connectivity index (χ1) is 9.13. The molecule has 6 nitrogen and oxygen atoms in total. The number of carboxylic acid groups (broad SMARTS) is 1. The fourth-order valence-electron chi connectivity index (χ4n) is 1.47. The van der Waals surface area contributed by atoms with Crippen molar-refractivity contribution in [3.63, 3.8) is 0 Å². The van der Waals surface area contributed by atoms with Crippen LogP contribution in [0.15, 0.2) is 33.2 Å². The van der Waals surface area contributed by atoms with Gasteiger partial charge in [0.05, 0.1) is 6.42 Å². The van der Waals surface area contributed by atoms with Gasteiger partial charge in [0.1, 0.15) is 13.2 Å². The first-order valence-electron chi connectivity index (χ1n) is 5.49. The van der Waals surface area contributed by atoms with Gasteiger partial charge < -0.3 is 14.3 Å². The molecule has 2 aromatic rings. The van der Waals surface area contributed by atoms with Crippen LogP contribution in [-0.4, -0.2) is 27.9 Å². The topological polar surface area (TPSA) is 85.5 Å². The molecule has 100 valence electrons. The van der Waals surface area contributed by atoms with E-state index in [-0.39, 0.29) is 19.1 Å². The summed E-state index contributed by atoms with van der Waals surface area (Å²) in [7, 11) is 0. The minimum atomic E-state index is -1.03. The van der Waals surface area contributed by atoms with E-state index in [1.54, 1.807) is 0 Å². The second-order valence-electron chi connectivity index (χ2n) is 3.78. The minimum Gasteiger partial charge on any atom is -0.480 e. The van der Waals surface area contributed by atoms with Crippen LogP contribution in [0.4, 0.5) is 0 Å². The lowest BCUT2D eigenvalue weighted by atomic mass is 10.1. The molecule has 0 amide bonds. The molecule has 0 atom stereocenters. The fourth-order valence-corrected chi connectivity index (χ4v) is 1.91. The van der Waals surface area contributed by atoms with E-state index in [1.165, 1.54) is 0 Å². The third kappa shape index (κ3) is 4.46. The van der Waals surface area contributed by atoms with Gasteiger partial charge in [-0.25, -0.2) is 4.79 Å². The van der Waals surface area contributed by atoms with Crippen LogP contribution in [0.5, 0.6) is 0 Å². The lowest BCUT2D eigenvalue weighted by Crippen LogP contribution is -2.06. The SMILES string of the molecule is O=C(O)COCc1nnc(Cc2cccc(Br)c2)o1. The molecule has 0 unspecified atom stereocenters. The Hall–Kier alpha value is -1.73. The molecule has 7 heteroatoms. The van der Waals surface area contributed by atoms with Crippen LogP contribution in [0.1, 0.15) is 17.3 Å². The maximum absolute atomic E-state index is 10.3. The van der Waals surface area contributed by atoms with Crippen molar-refractivity contribution in [1.82, 2.24) is 10.2 Å². The molecule has 0 aliphatic heterocycles. The van der Waals surface area contributed by atoms with E-state index >= 15 is 0 Å². The number of benzene rings is 1. The highest BCUT2D eigenvalue weighted by Crippen LogP contribution is 2.15. The van der Waals surface area contributed by atoms with Gasteiger partial charge in [0.2, 0.25) is 11.8 Å². The summed E-state index contributed by atoms with van der Waals surface area (Å²) in [5.74, 6) is -0.299.